The molecule has 0 aliphatic rings. The van der Waals surface area contributed by atoms with E-state index in [0.717, 1.165) is 5.69 Å². The second-order valence-electron chi connectivity index (χ2n) is 4.83. The lowest BCUT2D eigenvalue weighted by molar-refractivity contribution is -0.148. The summed E-state index contributed by atoms with van der Waals surface area (Å²) >= 11 is 0. The SMILES string of the molecule is CCOC(=O)C(C)(Nc1ccccc1)c1nccnc1C. The van der Waals surface area contributed by atoms with Crippen molar-refractivity contribution in [1.82, 2.24) is 9.97 Å². The van der Waals surface area contributed by atoms with Crippen LogP contribution < -0.4 is 5.32 Å². The Morgan fingerprint density at radius 2 is 1.90 bits per heavy atom. The molecule has 0 spiro atoms. The third-order valence-corrected chi connectivity index (χ3v) is 3.21. The highest BCUT2D eigenvalue weighted by atomic mass is 16.5. The van der Waals surface area contributed by atoms with E-state index in [1.807, 2.05) is 37.3 Å². The van der Waals surface area contributed by atoms with Crippen molar-refractivity contribution in [2.45, 2.75) is 26.3 Å². The Hall–Kier alpha value is -2.43. The minimum absolute atomic E-state index is 0.310. The Balaban J connectivity index is 2.44. The molecule has 0 saturated heterocycles. The largest absolute Gasteiger partial charge is 0.464 e. The van der Waals surface area contributed by atoms with E-state index in [4.69, 9.17) is 4.74 Å². The fourth-order valence-corrected chi connectivity index (χ4v) is 2.19. The first-order valence-electron chi connectivity index (χ1n) is 6.86. The standard InChI is InChI=1S/C16H19N3O2/c1-4-21-15(20)16(3,14-12(2)17-10-11-18-14)19-13-8-6-5-7-9-13/h5-11,19H,4H2,1-3H3. The number of hydrogen-bond acceptors (Lipinski definition) is 5. The number of benzene rings is 1. The normalized spacial score (nSPS) is 13.3. The number of rotatable bonds is 5. The average molecular weight is 285 g/mol. The summed E-state index contributed by atoms with van der Waals surface area (Å²) in [5.74, 6) is -0.377. The summed E-state index contributed by atoms with van der Waals surface area (Å²) < 4.78 is 5.22. The predicted molar refractivity (Wildman–Crippen MR) is 80.8 cm³/mol. The maximum Gasteiger partial charge on any atom is 0.337 e. The van der Waals surface area contributed by atoms with Crippen LogP contribution in [-0.4, -0.2) is 22.5 Å². The Labute approximate surface area is 124 Å². The second-order valence-corrected chi connectivity index (χ2v) is 4.83. The molecule has 1 unspecified atom stereocenters. The lowest BCUT2D eigenvalue weighted by Crippen LogP contribution is -2.43. The summed E-state index contributed by atoms with van der Waals surface area (Å²) in [6.45, 7) is 5.68. The predicted octanol–water partition coefficient (Wildman–Crippen LogP) is 2.68. The number of esters is 1. The molecule has 0 aliphatic heterocycles. The first kappa shape index (κ1) is 15.0. The number of hydrogen-bond donors (Lipinski definition) is 1. The lowest BCUT2D eigenvalue weighted by atomic mass is 9.95. The lowest BCUT2D eigenvalue weighted by Gasteiger charge is -2.29. The topological polar surface area (TPSA) is 64.1 Å². The van der Waals surface area contributed by atoms with Crippen molar-refractivity contribution in [3.63, 3.8) is 0 Å². The molecule has 2 aromatic rings. The van der Waals surface area contributed by atoms with Gasteiger partial charge in [-0.3, -0.25) is 9.97 Å². The molecule has 2 rings (SSSR count). The van der Waals surface area contributed by atoms with E-state index in [9.17, 15) is 4.79 Å². The fraction of sp³-hybridized carbons (Fsp3) is 0.312. The molecule has 0 saturated carbocycles. The van der Waals surface area contributed by atoms with E-state index >= 15 is 0 Å². The highest BCUT2D eigenvalue weighted by Crippen LogP contribution is 2.27. The highest BCUT2D eigenvalue weighted by Gasteiger charge is 2.40. The Morgan fingerprint density at radius 3 is 2.52 bits per heavy atom. The summed E-state index contributed by atoms with van der Waals surface area (Å²) in [4.78, 5) is 21.0. The summed E-state index contributed by atoms with van der Waals surface area (Å²) in [6.07, 6.45) is 3.18. The van der Waals surface area contributed by atoms with Gasteiger partial charge in [0.1, 0.15) is 0 Å². The van der Waals surface area contributed by atoms with E-state index in [0.29, 0.717) is 18.0 Å². The third-order valence-electron chi connectivity index (χ3n) is 3.21. The van der Waals surface area contributed by atoms with Crippen LogP contribution in [0, 0.1) is 6.92 Å². The van der Waals surface area contributed by atoms with Crippen molar-refractivity contribution in [2.24, 2.45) is 0 Å². The van der Waals surface area contributed by atoms with Crippen LogP contribution in [0.15, 0.2) is 42.7 Å². The number of carbonyl (C=O) groups is 1. The van der Waals surface area contributed by atoms with Gasteiger partial charge in [0.15, 0.2) is 5.54 Å². The Morgan fingerprint density at radius 1 is 1.24 bits per heavy atom. The number of aryl methyl sites for hydroxylation is 1. The number of aromatic nitrogens is 2. The van der Waals surface area contributed by atoms with Gasteiger partial charge in [-0.2, -0.15) is 0 Å². The van der Waals surface area contributed by atoms with Crippen LogP contribution in [0.4, 0.5) is 5.69 Å². The zero-order chi connectivity index (χ0) is 15.3. The molecule has 1 N–H and O–H groups in total. The molecule has 5 heteroatoms. The van der Waals surface area contributed by atoms with Crippen molar-refractivity contribution < 1.29 is 9.53 Å². The van der Waals surface area contributed by atoms with Crippen molar-refractivity contribution >= 4 is 11.7 Å². The molecule has 0 aliphatic carbocycles. The van der Waals surface area contributed by atoms with Crippen LogP contribution >= 0.6 is 0 Å². The highest BCUT2D eigenvalue weighted by molar-refractivity contribution is 5.85. The molecule has 21 heavy (non-hydrogen) atoms. The number of nitrogens with one attached hydrogen (secondary N) is 1. The van der Waals surface area contributed by atoms with Crippen LogP contribution in [0.5, 0.6) is 0 Å². The van der Waals surface area contributed by atoms with E-state index in [1.165, 1.54) is 0 Å². The fourth-order valence-electron chi connectivity index (χ4n) is 2.19. The third kappa shape index (κ3) is 3.18. The Bertz CT molecular complexity index is 616. The van der Waals surface area contributed by atoms with E-state index in [2.05, 4.69) is 15.3 Å². The Kier molecular flexibility index (Phi) is 4.52. The minimum atomic E-state index is -1.09. The summed E-state index contributed by atoms with van der Waals surface area (Å²) in [7, 11) is 0. The van der Waals surface area contributed by atoms with E-state index in [1.54, 1.807) is 26.2 Å². The van der Waals surface area contributed by atoms with E-state index in [-0.39, 0.29) is 5.97 Å². The molecule has 1 heterocycles. The molecule has 1 aromatic carbocycles. The van der Waals surface area contributed by atoms with Gasteiger partial charge in [0.25, 0.3) is 0 Å². The quantitative estimate of drug-likeness (QED) is 0.856. The molecule has 110 valence electrons. The van der Waals surface area contributed by atoms with E-state index < -0.39 is 5.54 Å². The minimum Gasteiger partial charge on any atom is -0.464 e. The molecule has 1 atom stereocenters. The first-order chi connectivity index (χ1) is 10.1. The van der Waals surface area contributed by atoms with Crippen molar-refractivity contribution in [3.8, 4) is 0 Å². The molecular formula is C16H19N3O2. The zero-order valence-electron chi connectivity index (χ0n) is 12.5. The maximum atomic E-state index is 12.5. The average Bonchev–Trinajstić information content (AvgIpc) is 2.48. The molecular weight excluding hydrogens is 266 g/mol. The van der Waals surface area contributed by atoms with Gasteiger partial charge in [-0.05, 0) is 32.9 Å². The van der Waals surface area contributed by atoms with Crippen LogP contribution in [-0.2, 0) is 15.1 Å². The van der Waals surface area contributed by atoms with Gasteiger partial charge < -0.3 is 10.1 Å². The summed E-state index contributed by atoms with van der Waals surface area (Å²) in [5, 5.41) is 3.22. The van der Waals surface area contributed by atoms with Crippen molar-refractivity contribution in [1.29, 1.82) is 0 Å². The van der Waals surface area contributed by atoms with Crippen LogP contribution in [0.2, 0.25) is 0 Å². The van der Waals surface area contributed by atoms with Crippen molar-refractivity contribution in [2.75, 3.05) is 11.9 Å². The van der Waals surface area contributed by atoms with Gasteiger partial charge in [-0.25, -0.2) is 4.79 Å². The summed E-state index contributed by atoms with van der Waals surface area (Å²) in [6, 6.07) is 9.50. The summed E-state index contributed by atoms with van der Waals surface area (Å²) in [5.41, 5.74) is 0.984. The zero-order valence-corrected chi connectivity index (χ0v) is 12.5. The van der Waals surface area contributed by atoms with Crippen LogP contribution in [0.25, 0.3) is 0 Å². The van der Waals surface area contributed by atoms with Gasteiger partial charge in [0.05, 0.1) is 18.0 Å². The number of ether oxygens (including phenoxy) is 1. The number of para-hydroxylation sites is 1. The van der Waals surface area contributed by atoms with Gasteiger partial charge in [0.2, 0.25) is 0 Å². The first-order valence-corrected chi connectivity index (χ1v) is 6.86. The number of nitrogens with zero attached hydrogens (tertiary/aromatic N) is 2. The molecule has 5 nitrogen and oxygen atoms in total. The number of anilines is 1. The molecule has 1 aromatic heterocycles. The number of carbonyl (C=O) groups excluding carboxylic acids is 1. The van der Waals surface area contributed by atoms with Gasteiger partial charge in [0, 0.05) is 18.1 Å². The van der Waals surface area contributed by atoms with Gasteiger partial charge in [-0.15, -0.1) is 0 Å². The smallest absolute Gasteiger partial charge is 0.337 e. The molecule has 0 amide bonds. The molecule has 0 bridgehead atoms. The van der Waals surface area contributed by atoms with Crippen LogP contribution in [0.3, 0.4) is 0 Å². The van der Waals surface area contributed by atoms with Gasteiger partial charge in [-0.1, -0.05) is 18.2 Å². The van der Waals surface area contributed by atoms with Crippen LogP contribution in [0.1, 0.15) is 25.2 Å². The molecule has 0 radical (unpaired) electrons. The molecule has 0 fully saturated rings. The maximum absolute atomic E-state index is 12.5. The second kappa shape index (κ2) is 6.35. The van der Waals surface area contributed by atoms with Crippen molar-refractivity contribution in [3.05, 3.63) is 54.1 Å². The monoisotopic (exact) mass is 285 g/mol. The van der Waals surface area contributed by atoms with Gasteiger partial charge >= 0.3 is 5.97 Å².